The summed E-state index contributed by atoms with van der Waals surface area (Å²) in [6.07, 6.45) is -0.557. The highest BCUT2D eigenvalue weighted by Gasteiger charge is 2.39. The van der Waals surface area contributed by atoms with Crippen LogP contribution in [0.2, 0.25) is 0 Å². The number of amides is 1. The maximum absolute atomic E-state index is 13.2. The molecule has 0 spiro atoms. The van der Waals surface area contributed by atoms with Crippen molar-refractivity contribution in [3.63, 3.8) is 0 Å². The van der Waals surface area contributed by atoms with E-state index in [1.165, 1.54) is 18.2 Å². The fraction of sp³-hybridized carbons (Fsp3) is 0.417. The van der Waals surface area contributed by atoms with Crippen LogP contribution in [0, 0.1) is 11.2 Å². The molecule has 0 aliphatic carbocycles. The zero-order valence-electron chi connectivity index (χ0n) is 9.66. The monoisotopic (exact) mass is 239 g/mol. The van der Waals surface area contributed by atoms with Gasteiger partial charge in [0.1, 0.15) is 18.2 Å². The number of cyclic esters (lactones) is 1. The van der Waals surface area contributed by atoms with E-state index in [0.29, 0.717) is 5.56 Å². The number of nitrogens with one attached hydrogen (secondary N) is 1. The van der Waals surface area contributed by atoms with Crippen molar-refractivity contribution in [1.82, 2.24) is 5.32 Å². The lowest BCUT2D eigenvalue weighted by Gasteiger charge is -2.38. The van der Waals surface area contributed by atoms with Gasteiger partial charge in [0.05, 0.1) is 6.04 Å². The number of benzene rings is 1. The molecule has 1 aromatic carbocycles. The second-order valence-corrected chi connectivity index (χ2v) is 4.85. The van der Waals surface area contributed by atoms with E-state index in [0.717, 1.165) is 0 Å². The number of phenolic OH excluding ortho intramolecular Hbond substituents is 1. The number of aromatic hydroxyl groups is 1. The van der Waals surface area contributed by atoms with Crippen molar-refractivity contribution in [1.29, 1.82) is 0 Å². The molecule has 1 saturated heterocycles. The van der Waals surface area contributed by atoms with Crippen LogP contribution >= 0.6 is 0 Å². The van der Waals surface area contributed by atoms with Gasteiger partial charge in [-0.25, -0.2) is 9.18 Å². The third kappa shape index (κ3) is 2.18. The summed E-state index contributed by atoms with van der Waals surface area (Å²) in [6.45, 7) is 3.97. The first-order valence-electron chi connectivity index (χ1n) is 5.32. The molecular weight excluding hydrogens is 225 g/mol. The molecule has 1 aromatic rings. The molecular formula is C12H14FNO3. The molecule has 1 aliphatic rings. The van der Waals surface area contributed by atoms with E-state index in [2.05, 4.69) is 5.32 Å². The van der Waals surface area contributed by atoms with E-state index < -0.39 is 23.4 Å². The van der Waals surface area contributed by atoms with Gasteiger partial charge in [-0.3, -0.25) is 0 Å². The number of halogens is 1. The molecule has 0 radical (unpaired) electrons. The van der Waals surface area contributed by atoms with Crippen molar-refractivity contribution in [3.8, 4) is 5.75 Å². The Morgan fingerprint density at radius 2 is 2.24 bits per heavy atom. The average Bonchev–Trinajstić information content (AvgIpc) is 2.26. The molecule has 0 unspecified atom stereocenters. The lowest BCUT2D eigenvalue weighted by molar-refractivity contribution is 0.0380. The molecule has 1 aliphatic heterocycles. The summed E-state index contributed by atoms with van der Waals surface area (Å²) < 4.78 is 18.1. The highest BCUT2D eigenvalue weighted by atomic mass is 19.1. The Morgan fingerprint density at radius 3 is 2.94 bits per heavy atom. The minimum absolute atomic E-state index is 0.0355. The van der Waals surface area contributed by atoms with E-state index in [4.69, 9.17) is 4.74 Å². The molecule has 2 rings (SSSR count). The van der Waals surface area contributed by atoms with Crippen molar-refractivity contribution >= 4 is 6.09 Å². The van der Waals surface area contributed by atoms with Gasteiger partial charge in [-0.2, -0.15) is 0 Å². The Kier molecular flexibility index (Phi) is 2.69. The fourth-order valence-corrected chi connectivity index (χ4v) is 1.95. The van der Waals surface area contributed by atoms with Gasteiger partial charge in [-0.15, -0.1) is 0 Å². The standard InChI is InChI=1S/C12H14FNO3/c1-12(2)6-17-11(16)14-10(12)8-5-7(13)3-4-9(8)15/h3-5,10,15H,6H2,1-2H3,(H,14,16)/t10-/m0/s1. The minimum atomic E-state index is -0.557. The molecule has 2 N–H and O–H groups in total. The minimum Gasteiger partial charge on any atom is -0.508 e. The molecule has 1 amide bonds. The van der Waals surface area contributed by atoms with Crippen LogP contribution in [0.4, 0.5) is 9.18 Å². The van der Waals surface area contributed by atoms with Gasteiger partial charge < -0.3 is 15.2 Å². The molecule has 1 heterocycles. The third-order valence-corrected chi connectivity index (χ3v) is 2.92. The lowest BCUT2D eigenvalue weighted by atomic mass is 9.80. The molecule has 0 bridgehead atoms. The largest absolute Gasteiger partial charge is 0.508 e. The average molecular weight is 239 g/mol. The van der Waals surface area contributed by atoms with Crippen molar-refractivity contribution in [2.75, 3.05) is 6.61 Å². The first-order valence-corrected chi connectivity index (χ1v) is 5.32. The maximum Gasteiger partial charge on any atom is 0.407 e. The Morgan fingerprint density at radius 1 is 1.53 bits per heavy atom. The Labute approximate surface area is 98.4 Å². The second-order valence-electron chi connectivity index (χ2n) is 4.85. The normalized spacial score (nSPS) is 22.8. The molecule has 92 valence electrons. The number of hydrogen-bond donors (Lipinski definition) is 2. The highest BCUT2D eigenvalue weighted by Crippen LogP contribution is 2.39. The summed E-state index contributed by atoms with van der Waals surface area (Å²) in [5.41, 5.74) is -0.0502. The number of alkyl carbamates (subject to hydrolysis) is 1. The van der Waals surface area contributed by atoms with Crippen LogP contribution in [0.5, 0.6) is 5.75 Å². The Bertz CT molecular complexity index is 459. The van der Waals surface area contributed by atoms with Gasteiger partial charge in [0.25, 0.3) is 0 Å². The maximum atomic E-state index is 13.2. The van der Waals surface area contributed by atoms with E-state index in [9.17, 15) is 14.3 Å². The van der Waals surface area contributed by atoms with Crippen molar-refractivity contribution in [3.05, 3.63) is 29.6 Å². The van der Waals surface area contributed by atoms with E-state index >= 15 is 0 Å². The zero-order chi connectivity index (χ0) is 12.6. The number of ether oxygens (including phenoxy) is 1. The lowest BCUT2D eigenvalue weighted by Crippen LogP contribution is -2.46. The molecule has 0 saturated carbocycles. The van der Waals surface area contributed by atoms with Crippen LogP contribution in [-0.4, -0.2) is 17.8 Å². The van der Waals surface area contributed by atoms with Crippen LogP contribution in [-0.2, 0) is 4.74 Å². The summed E-state index contributed by atoms with van der Waals surface area (Å²) in [4.78, 5) is 11.2. The predicted molar refractivity (Wildman–Crippen MR) is 59.1 cm³/mol. The highest BCUT2D eigenvalue weighted by molar-refractivity contribution is 5.69. The second kappa shape index (κ2) is 3.91. The summed E-state index contributed by atoms with van der Waals surface area (Å²) in [5, 5.41) is 12.4. The topological polar surface area (TPSA) is 58.6 Å². The first kappa shape index (κ1) is 11.7. The van der Waals surface area contributed by atoms with Crippen LogP contribution in [0.1, 0.15) is 25.5 Å². The molecule has 17 heavy (non-hydrogen) atoms. The number of rotatable bonds is 1. The van der Waals surface area contributed by atoms with E-state index in [1.54, 1.807) is 0 Å². The Hall–Kier alpha value is -1.78. The first-order chi connectivity index (χ1) is 7.90. The van der Waals surface area contributed by atoms with Gasteiger partial charge in [0.2, 0.25) is 0 Å². The molecule has 1 fully saturated rings. The molecule has 4 nitrogen and oxygen atoms in total. The molecule has 5 heteroatoms. The Balaban J connectivity index is 2.42. The number of phenols is 1. The van der Waals surface area contributed by atoms with Gasteiger partial charge in [-0.1, -0.05) is 13.8 Å². The van der Waals surface area contributed by atoms with E-state index in [-0.39, 0.29) is 12.4 Å². The predicted octanol–water partition coefficient (Wildman–Crippen LogP) is 2.34. The quantitative estimate of drug-likeness (QED) is 0.790. The summed E-state index contributed by atoms with van der Waals surface area (Å²) in [5.74, 6) is -0.485. The van der Waals surface area contributed by atoms with Crippen LogP contribution < -0.4 is 5.32 Å². The summed E-state index contributed by atoms with van der Waals surface area (Å²) in [6, 6.07) is 3.21. The van der Waals surface area contributed by atoms with E-state index in [1.807, 2.05) is 13.8 Å². The van der Waals surface area contributed by atoms with Crippen LogP contribution in [0.15, 0.2) is 18.2 Å². The number of hydrogen-bond acceptors (Lipinski definition) is 3. The van der Waals surface area contributed by atoms with Gasteiger partial charge in [0, 0.05) is 11.0 Å². The number of carbonyl (C=O) groups is 1. The summed E-state index contributed by atoms with van der Waals surface area (Å²) >= 11 is 0. The van der Waals surface area contributed by atoms with Gasteiger partial charge in [-0.05, 0) is 18.2 Å². The molecule has 1 atom stereocenters. The van der Waals surface area contributed by atoms with Crippen molar-refractivity contribution in [2.45, 2.75) is 19.9 Å². The number of carbonyl (C=O) groups excluding carboxylic acids is 1. The molecule has 0 aromatic heterocycles. The van der Waals surface area contributed by atoms with Crippen LogP contribution in [0.3, 0.4) is 0 Å². The van der Waals surface area contributed by atoms with Crippen molar-refractivity contribution in [2.24, 2.45) is 5.41 Å². The summed E-state index contributed by atoms with van der Waals surface area (Å²) in [7, 11) is 0. The zero-order valence-corrected chi connectivity index (χ0v) is 9.66. The SMILES string of the molecule is CC1(C)COC(=O)N[C@H]1c1cc(F)ccc1O. The van der Waals surface area contributed by atoms with Gasteiger partial charge in [0.15, 0.2) is 0 Å². The van der Waals surface area contributed by atoms with Crippen molar-refractivity contribution < 1.29 is 19.0 Å². The smallest absolute Gasteiger partial charge is 0.407 e. The fourth-order valence-electron chi connectivity index (χ4n) is 1.95. The van der Waals surface area contributed by atoms with Crippen LogP contribution in [0.25, 0.3) is 0 Å². The third-order valence-electron chi connectivity index (χ3n) is 2.92. The van der Waals surface area contributed by atoms with Gasteiger partial charge >= 0.3 is 6.09 Å².